The van der Waals surface area contributed by atoms with Crippen molar-refractivity contribution in [2.45, 2.75) is 6.18 Å². The normalized spacial score (nSPS) is 11.8. The third kappa shape index (κ3) is 4.21. The SMILES string of the molecule is O=C(CNc1cccc(C(F)(F)F)c1)NN=Cc1c[nH]c2ccccc12. The summed E-state index contributed by atoms with van der Waals surface area (Å²) < 4.78 is 38.0. The molecule has 5 nitrogen and oxygen atoms in total. The molecule has 0 fully saturated rings. The second-order valence-corrected chi connectivity index (χ2v) is 5.51. The molecule has 26 heavy (non-hydrogen) atoms. The average Bonchev–Trinajstić information content (AvgIpc) is 3.03. The van der Waals surface area contributed by atoms with Gasteiger partial charge in [0, 0.05) is 28.4 Å². The molecule has 0 aliphatic heterocycles. The number of anilines is 1. The number of hydrazone groups is 1. The van der Waals surface area contributed by atoms with Gasteiger partial charge in [-0.25, -0.2) is 5.43 Å². The fourth-order valence-electron chi connectivity index (χ4n) is 2.40. The molecule has 3 rings (SSSR count). The summed E-state index contributed by atoms with van der Waals surface area (Å²) in [6.45, 7) is -0.202. The number of fused-ring (bicyclic) bond motifs is 1. The summed E-state index contributed by atoms with van der Waals surface area (Å²) in [6, 6.07) is 12.3. The molecule has 0 bridgehead atoms. The van der Waals surface area contributed by atoms with Gasteiger partial charge in [-0.05, 0) is 24.3 Å². The van der Waals surface area contributed by atoms with Gasteiger partial charge >= 0.3 is 6.18 Å². The molecule has 0 unspecified atom stereocenters. The first-order valence-corrected chi connectivity index (χ1v) is 7.72. The molecule has 1 heterocycles. The number of rotatable bonds is 5. The number of aromatic amines is 1. The Kier molecular flexibility index (Phi) is 4.92. The Morgan fingerprint density at radius 1 is 1.15 bits per heavy atom. The molecular formula is C18H15F3N4O. The summed E-state index contributed by atoms with van der Waals surface area (Å²) in [6.07, 6.45) is -1.16. The van der Waals surface area contributed by atoms with Gasteiger partial charge in [0.05, 0.1) is 18.3 Å². The smallest absolute Gasteiger partial charge is 0.376 e. The molecule has 0 atom stereocenters. The number of H-pyrrole nitrogens is 1. The summed E-state index contributed by atoms with van der Waals surface area (Å²) in [7, 11) is 0. The van der Waals surface area contributed by atoms with Crippen molar-refractivity contribution in [3.63, 3.8) is 0 Å². The molecule has 0 saturated carbocycles. The minimum absolute atomic E-state index is 0.202. The number of amides is 1. The molecule has 0 spiro atoms. The zero-order valence-corrected chi connectivity index (χ0v) is 13.5. The van der Waals surface area contributed by atoms with Crippen molar-refractivity contribution in [3.05, 3.63) is 65.9 Å². The predicted octanol–water partition coefficient (Wildman–Crippen LogP) is 3.75. The zero-order chi connectivity index (χ0) is 18.6. The highest BCUT2D eigenvalue weighted by atomic mass is 19.4. The maximum atomic E-state index is 12.7. The van der Waals surface area contributed by atoms with Gasteiger partial charge in [0.25, 0.3) is 5.91 Å². The molecule has 2 aromatic carbocycles. The lowest BCUT2D eigenvalue weighted by Gasteiger charge is -2.09. The predicted molar refractivity (Wildman–Crippen MR) is 94.0 cm³/mol. The van der Waals surface area contributed by atoms with E-state index in [0.29, 0.717) is 0 Å². The Balaban J connectivity index is 1.55. The van der Waals surface area contributed by atoms with E-state index in [4.69, 9.17) is 0 Å². The van der Waals surface area contributed by atoms with Crippen molar-refractivity contribution in [2.75, 3.05) is 11.9 Å². The molecule has 0 aliphatic carbocycles. The third-order valence-electron chi connectivity index (χ3n) is 3.66. The quantitative estimate of drug-likeness (QED) is 0.479. The summed E-state index contributed by atoms with van der Waals surface area (Å²) in [5.41, 5.74) is 3.52. The first-order valence-electron chi connectivity index (χ1n) is 7.72. The van der Waals surface area contributed by atoms with Crippen molar-refractivity contribution in [1.82, 2.24) is 10.4 Å². The molecule has 3 N–H and O–H groups in total. The van der Waals surface area contributed by atoms with Crippen molar-refractivity contribution in [2.24, 2.45) is 5.10 Å². The van der Waals surface area contributed by atoms with Crippen LogP contribution in [-0.4, -0.2) is 23.7 Å². The molecular weight excluding hydrogens is 345 g/mol. The fraction of sp³-hybridized carbons (Fsp3) is 0.111. The number of halogens is 3. The summed E-state index contributed by atoms with van der Waals surface area (Å²) in [5.74, 6) is -0.474. The Hall–Kier alpha value is -3.29. The van der Waals surface area contributed by atoms with Crippen molar-refractivity contribution in [1.29, 1.82) is 0 Å². The molecule has 3 aromatic rings. The van der Waals surface area contributed by atoms with Gasteiger partial charge < -0.3 is 10.3 Å². The van der Waals surface area contributed by atoms with Crippen LogP contribution in [0.3, 0.4) is 0 Å². The van der Waals surface area contributed by atoms with E-state index in [2.05, 4.69) is 20.8 Å². The molecule has 134 valence electrons. The van der Waals surface area contributed by atoms with Crippen LogP contribution < -0.4 is 10.7 Å². The van der Waals surface area contributed by atoms with E-state index in [1.807, 2.05) is 24.3 Å². The van der Waals surface area contributed by atoms with E-state index in [1.165, 1.54) is 18.3 Å². The molecule has 1 amide bonds. The number of aromatic nitrogens is 1. The zero-order valence-electron chi connectivity index (χ0n) is 13.5. The Morgan fingerprint density at radius 3 is 2.77 bits per heavy atom. The van der Waals surface area contributed by atoms with Gasteiger partial charge in [0.15, 0.2) is 0 Å². The maximum Gasteiger partial charge on any atom is 0.416 e. The van der Waals surface area contributed by atoms with Gasteiger partial charge in [-0.2, -0.15) is 18.3 Å². The van der Waals surface area contributed by atoms with E-state index < -0.39 is 17.6 Å². The second kappa shape index (κ2) is 7.30. The topological polar surface area (TPSA) is 69.3 Å². The molecule has 8 heteroatoms. The van der Waals surface area contributed by atoms with Crippen LogP contribution in [0.15, 0.2) is 59.8 Å². The van der Waals surface area contributed by atoms with Gasteiger partial charge in [-0.3, -0.25) is 4.79 Å². The first-order chi connectivity index (χ1) is 12.4. The molecule has 0 radical (unpaired) electrons. The third-order valence-corrected chi connectivity index (χ3v) is 3.66. The van der Waals surface area contributed by atoms with Crippen LogP contribution in [0, 0.1) is 0 Å². The number of nitrogens with zero attached hydrogens (tertiary/aromatic N) is 1. The van der Waals surface area contributed by atoms with Gasteiger partial charge in [0.1, 0.15) is 0 Å². The maximum absolute atomic E-state index is 12.7. The summed E-state index contributed by atoms with van der Waals surface area (Å²) in [4.78, 5) is 14.9. The number of hydrogen-bond acceptors (Lipinski definition) is 3. The highest BCUT2D eigenvalue weighted by Crippen LogP contribution is 2.30. The lowest BCUT2D eigenvalue weighted by molar-refractivity contribution is -0.137. The lowest BCUT2D eigenvalue weighted by Crippen LogP contribution is -2.26. The molecule has 1 aromatic heterocycles. The van der Waals surface area contributed by atoms with Gasteiger partial charge in [0.2, 0.25) is 0 Å². The summed E-state index contributed by atoms with van der Waals surface area (Å²) in [5, 5.41) is 7.47. The number of carbonyl (C=O) groups is 1. The first kappa shape index (κ1) is 17.5. The van der Waals surface area contributed by atoms with Gasteiger partial charge in [-0.1, -0.05) is 24.3 Å². The number of nitrogens with one attached hydrogen (secondary N) is 3. The van der Waals surface area contributed by atoms with Crippen LogP contribution in [0.4, 0.5) is 18.9 Å². The minimum Gasteiger partial charge on any atom is -0.376 e. The Labute approximate surface area is 146 Å². The molecule has 0 saturated heterocycles. The Bertz CT molecular complexity index is 947. The number of alkyl halides is 3. The number of hydrogen-bond donors (Lipinski definition) is 3. The number of para-hydroxylation sites is 1. The largest absolute Gasteiger partial charge is 0.416 e. The van der Waals surface area contributed by atoms with Crippen LogP contribution in [0.2, 0.25) is 0 Å². The van der Waals surface area contributed by atoms with Crippen LogP contribution in [0.5, 0.6) is 0 Å². The van der Waals surface area contributed by atoms with Gasteiger partial charge in [-0.15, -0.1) is 0 Å². The minimum atomic E-state index is -4.43. The highest BCUT2D eigenvalue weighted by Gasteiger charge is 2.30. The van der Waals surface area contributed by atoms with Crippen molar-refractivity contribution >= 4 is 28.7 Å². The van der Waals surface area contributed by atoms with Crippen LogP contribution >= 0.6 is 0 Å². The van der Waals surface area contributed by atoms with E-state index >= 15 is 0 Å². The number of carbonyl (C=O) groups excluding carboxylic acids is 1. The van der Waals surface area contributed by atoms with E-state index in [-0.39, 0.29) is 12.2 Å². The average molecular weight is 360 g/mol. The standard InChI is InChI=1S/C18H15F3N4O/c19-18(20,21)13-4-3-5-14(8-13)22-11-17(26)25-24-10-12-9-23-16-7-2-1-6-15(12)16/h1-10,22-23H,11H2,(H,25,26). The van der Waals surface area contributed by atoms with Crippen LogP contribution in [-0.2, 0) is 11.0 Å². The fourth-order valence-corrected chi connectivity index (χ4v) is 2.40. The van der Waals surface area contributed by atoms with E-state index in [0.717, 1.165) is 28.6 Å². The van der Waals surface area contributed by atoms with Crippen LogP contribution in [0.25, 0.3) is 10.9 Å². The van der Waals surface area contributed by atoms with E-state index in [1.54, 1.807) is 6.20 Å². The monoisotopic (exact) mass is 360 g/mol. The van der Waals surface area contributed by atoms with Crippen molar-refractivity contribution < 1.29 is 18.0 Å². The van der Waals surface area contributed by atoms with Crippen LogP contribution in [0.1, 0.15) is 11.1 Å². The summed E-state index contributed by atoms with van der Waals surface area (Å²) >= 11 is 0. The molecule has 0 aliphatic rings. The lowest BCUT2D eigenvalue weighted by atomic mass is 10.2. The van der Waals surface area contributed by atoms with Crippen molar-refractivity contribution in [3.8, 4) is 0 Å². The van der Waals surface area contributed by atoms with E-state index in [9.17, 15) is 18.0 Å². The second-order valence-electron chi connectivity index (χ2n) is 5.51. The number of benzene rings is 2. The Morgan fingerprint density at radius 2 is 1.96 bits per heavy atom. The highest BCUT2D eigenvalue weighted by molar-refractivity contribution is 5.99.